The maximum absolute atomic E-state index is 12.9. The van der Waals surface area contributed by atoms with Crippen molar-refractivity contribution in [2.45, 2.75) is 18.0 Å². The molecule has 0 amide bonds. The van der Waals surface area contributed by atoms with E-state index in [4.69, 9.17) is 4.74 Å². The van der Waals surface area contributed by atoms with Gasteiger partial charge >= 0.3 is 6.18 Å². The van der Waals surface area contributed by atoms with Gasteiger partial charge in [0, 0.05) is 18.9 Å². The minimum Gasteiger partial charge on any atom is -0.495 e. The lowest BCUT2D eigenvalue weighted by Gasteiger charge is -2.09. The van der Waals surface area contributed by atoms with Crippen molar-refractivity contribution in [1.82, 2.24) is 19.5 Å². The highest BCUT2D eigenvalue weighted by Crippen LogP contribution is 2.32. The van der Waals surface area contributed by atoms with Gasteiger partial charge in [-0.25, -0.2) is 15.0 Å². The van der Waals surface area contributed by atoms with Crippen LogP contribution in [-0.2, 0) is 24.0 Å². The number of hydrogen-bond donors (Lipinski definition) is 0. The van der Waals surface area contributed by atoms with Crippen LogP contribution in [0.2, 0.25) is 0 Å². The van der Waals surface area contributed by atoms with Crippen molar-refractivity contribution in [3.05, 3.63) is 30.2 Å². The number of ether oxygens (including phenoxy) is 1. The summed E-state index contributed by atoms with van der Waals surface area (Å²) in [5, 5.41) is 0. The number of halogens is 3. The van der Waals surface area contributed by atoms with E-state index in [0.717, 1.165) is 12.3 Å². The zero-order valence-electron chi connectivity index (χ0n) is 14.7. The second kappa shape index (κ2) is 7.61. The first-order chi connectivity index (χ1) is 12.3. The number of alkyl halides is 3. The number of pyridine rings is 2. The van der Waals surface area contributed by atoms with Gasteiger partial charge in [-0.3, -0.25) is 4.21 Å². The van der Waals surface area contributed by atoms with Crippen LogP contribution in [0.3, 0.4) is 0 Å². The van der Waals surface area contributed by atoms with E-state index in [2.05, 4.69) is 15.0 Å². The molecule has 1 unspecified atom stereocenters. The number of rotatable bonds is 4. The van der Waals surface area contributed by atoms with Gasteiger partial charge < -0.3 is 14.8 Å². The third kappa shape index (κ3) is 3.78. The smallest absolute Gasteiger partial charge is 0.433 e. The normalized spacial score (nSPS) is 12.7. The van der Waals surface area contributed by atoms with Crippen molar-refractivity contribution in [3.8, 4) is 17.3 Å². The number of nitrogens with zero attached hydrogens (tertiary/aromatic N) is 4. The van der Waals surface area contributed by atoms with Crippen molar-refractivity contribution < 1.29 is 27.6 Å². The number of aromatic nitrogens is 4. The highest BCUT2D eigenvalue weighted by molar-refractivity contribution is 7.85. The van der Waals surface area contributed by atoms with E-state index in [1.165, 1.54) is 13.3 Å². The summed E-state index contributed by atoms with van der Waals surface area (Å²) >= 11 is 0. The number of aryl methyl sites for hydroxylation is 1. The Morgan fingerprint density at radius 3 is 2.52 bits per heavy atom. The molecule has 0 bridgehead atoms. The molecule has 1 atom stereocenters. The van der Waals surface area contributed by atoms with Gasteiger partial charge in [0.05, 0.1) is 46.2 Å². The van der Waals surface area contributed by atoms with E-state index in [1.807, 2.05) is 0 Å². The summed E-state index contributed by atoms with van der Waals surface area (Å²) in [6.07, 6.45) is -1.99. The summed E-state index contributed by atoms with van der Waals surface area (Å²) in [4.78, 5) is 12.4. The molecular formula is C16H17F3N4O3S. The minimum absolute atomic E-state index is 0. The monoisotopic (exact) mass is 402 g/mol. The third-order valence-electron chi connectivity index (χ3n) is 3.84. The summed E-state index contributed by atoms with van der Waals surface area (Å²) < 4.78 is 57.8. The standard InChI is InChI=1S/C16H15F3N4O2S.H2O/c1-4-26(24)12-5-9(25-3)7-21-14(12)15-22-10-6-13(16(17,18)19)20-8-11(10)23(15)2;/h5-8H,4H2,1-3H3;1H2. The first-order valence-electron chi connectivity index (χ1n) is 7.58. The van der Waals surface area contributed by atoms with Gasteiger partial charge in [0.25, 0.3) is 0 Å². The highest BCUT2D eigenvalue weighted by Gasteiger charge is 2.33. The molecule has 3 aromatic rings. The molecule has 3 rings (SSSR count). The lowest BCUT2D eigenvalue weighted by atomic mass is 10.3. The zero-order valence-corrected chi connectivity index (χ0v) is 15.5. The Kier molecular flexibility index (Phi) is 5.85. The topological polar surface area (TPSA) is 101 Å². The fourth-order valence-corrected chi connectivity index (χ4v) is 3.41. The molecule has 0 aliphatic heterocycles. The molecule has 0 aromatic carbocycles. The number of imidazole rings is 1. The van der Waals surface area contributed by atoms with Crippen LogP contribution in [0.15, 0.2) is 29.4 Å². The second-order valence-electron chi connectivity index (χ2n) is 5.41. The van der Waals surface area contributed by atoms with Crippen molar-refractivity contribution in [2.75, 3.05) is 12.9 Å². The van der Waals surface area contributed by atoms with E-state index in [1.54, 1.807) is 24.6 Å². The molecule has 0 spiro atoms. The molecule has 0 radical (unpaired) electrons. The molecule has 0 aliphatic rings. The average molecular weight is 402 g/mol. The first-order valence-corrected chi connectivity index (χ1v) is 8.90. The molecule has 0 saturated heterocycles. The Balaban J connectivity index is 0.00000261. The highest BCUT2D eigenvalue weighted by atomic mass is 32.2. The number of hydrogen-bond acceptors (Lipinski definition) is 5. The Bertz CT molecular complexity index is 1000. The van der Waals surface area contributed by atoms with Crippen LogP contribution < -0.4 is 4.74 Å². The lowest BCUT2D eigenvalue weighted by molar-refractivity contribution is -0.141. The van der Waals surface area contributed by atoms with Gasteiger partial charge in [-0.1, -0.05) is 6.92 Å². The van der Waals surface area contributed by atoms with Gasteiger partial charge in [-0.15, -0.1) is 0 Å². The van der Waals surface area contributed by atoms with Crippen LogP contribution in [0.5, 0.6) is 5.75 Å². The summed E-state index contributed by atoms with van der Waals surface area (Å²) in [6.45, 7) is 1.76. The first kappa shape index (κ1) is 20.8. The summed E-state index contributed by atoms with van der Waals surface area (Å²) in [5.41, 5.74) is -0.137. The molecular weight excluding hydrogens is 385 g/mol. The van der Waals surface area contributed by atoms with Crippen molar-refractivity contribution in [3.63, 3.8) is 0 Å². The van der Waals surface area contributed by atoms with E-state index < -0.39 is 22.7 Å². The molecule has 2 N–H and O–H groups in total. The van der Waals surface area contributed by atoms with Crippen LogP contribution in [0.1, 0.15) is 12.6 Å². The molecule has 3 heterocycles. The van der Waals surface area contributed by atoms with Crippen LogP contribution in [0, 0.1) is 0 Å². The van der Waals surface area contributed by atoms with E-state index >= 15 is 0 Å². The molecule has 11 heteroatoms. The van der Waals surface area contributed by atoms with E-state index in [-0.39, 0.29) is 11.0 Å². The Hall–Kier alpha value is -2.53. The Morgan fingerprint density at radius 2 is 1.93 bits per heavy atom. The average Bonchev–Trinajstić information content (AvgIpc) is 2.95. The fraction of sp³-hybridized carbons (Fsp3) is 0.312. The molecule has 146 valence electrons. The van der Waals surface area contributed by atoms with Crippen molar-refractivity contribution in [1.29, 1.82) is 0 Å². The zero-order chi connectivity index (χ0) is 19.1. The van der Waals surface area contributed by atoms with Gasteiger partial charge in [0.15, 0.2) is 5.82 Å². The lowest BCUT2D eigenvalue weighted by Crippen LogP contribution is -2.07. The maximum Gasteiger partial charge on any atom is 0.433 e. The molecule has 0 saturated carbocycles. The third-order valence-corrected chi connectivity index (χ3v) is 5.17. The van der Waals surface area contributed by atoms with Crippen LogP contribution in [-0.4, -0.2) is 42.1 Å². The summed E-state index contributed by atoms with van der Waals surface area (Å²) in [5.74, 6) is 1.09. The summed E-state index contributed by atoms with van der Waals surface area (Å²) in [7, 11) is 1.76. The molecule has 7 nitrogen and oxygen atoms in total. The van der Waals surface area contributed by atoms with Gasteiger partial charge in [0.1, 0.15) is 17.1 Å². The Labute approximate surface area is 155 Å². The summed E-state index contributed by atoms with van der Waals surface area (Å²) in [6, 6.07) is 2.49. The van der Waals surface area contributed by atoms with E-state index in [9.17, 15) is 17.4 Å². The SMILES string of the molecule is CCS(=O)c1cc(OC)cnc1-c1nc2cc(C(F)(F)F)ncc2n1C.O. The van der Waals surface area contributed by atoms with Crippen LogP contribution in [0.25, 0.3) is 22.6 Å². The van der Waals surface area contributed by atoms with Crippen molar-refractivity contribution in [2.24, 2.45) is 7.05 Å². The predicted octanol–water partition coefficient (Wildman–Crippen LogP) is 2.36. The largest absolute Gasteiger partial charge is 0.495 e. The van der Waals surface area contributed by atoms with E-state index in [0.29, 0.717) is 33.4 Å². The maximum atomic E-state index is 12.9. The number of methoxy groups -OCH3 is 1. The Morgan fingerprint density at radius 1 is 1.22 bits per heavy atom. The quantitative estimate of drug-likeness (QED) is 0.667. The van der Waals surface area contributed by atoms with Crippen LogP contribution >= 0.6 is 0 Å². The molecule has 0 aliphatic carbocycles. The second-order valence-corrected chi connectivity index (χ2v) is 7.11. The van der Waals surface area contributed by atoms with Crippen LogP contribution in [0.4, 0.5) is 13.2 Å². The number of fused-ring (bicyclic) bond motifs is 1. The molecule has 0 fully saturated rings. The van der Waals surface area contributed by atoms with Gasteiger partial charge in [-0.2, -0.15) is 13.2 Å². The fourth-order valence-electron chi connectivity index (χ4n) is 2.49. The van der Waals surface area contributed by atoms with Crippen molar-refractivity contribution >= 4 is 21.8 Å². The predicted molar refractivity (Wildman–Crippen MR) is 93.9 cm³/mol. The van der Waals surface area contributed by atoms with Gasteiger partial charge in [-0.05, 0) is 6.07 Å². The minimum atomic E-state index is -4.56. The van der Waals surface area contributed by atoms with Gasteiger partial charge in [0.2, 0.25) is 0 Å². The molecule has 27 heavy (non-hydrogen) atoms. The molecule has 3 aromatic heterocycles.